The summed E-state index contributed by atoms with van der Waals surface area (Å²) < 4.78 is 1.82. The number of tetrazole rings is 1. The molecule has 0 radical (unpaired) electrons. The molecule has 1 aromatic carbocycles. The molecule has 0 unspecified atom stereocenters. The number of aromatic amines is 1. The first-order valence-corrected chi connectivity index (χ1v) is 9.67. The summed E-state index contributed by atoms with van der Waals surface area (Å²) in [6.45, 7) is 2.78. The fourth-order valence-corrected chi connectivity index (χ4v) is 3.37. The molecule has 9 nitrogen and oxygen atoms in total. The zero-order valence-corrected chi connectivity index (χ0v) is 16.3. The van der Waals surface area contributed by atoms with Gasteiger partial charge in [-0.15, -0.1) is 5.10 Å². The lowest BCUT2D eigenvalue weighted by Gasteiger charge is -2.11. The van der Waals surface area contributed by atoms with Gasteiger partial charge in [0.25, 0.3) is 0 Å². The third kappa shape index (κ3) is 3.37. The normalized spacial score (nSPS) is 11.1. The van der Waals surface area contributed by atoms with Gasteiger partial charge in [-0.2, -0.15) is 9.61 Å². The summed E-state index contributed by atoms with van der Waals surface area (Å²) in [4.78, 5) is 8.79. The molecule has 4 aromatic heterocycles. The Morgan fingerprint density at radius 1 is 1.03 bits per heavy atom. The average molecular weight is 397 g/mol. The lowest BCUT2D eigenvalue weighted by Crippen LogP contribution is -2.07. The summed E-state index contributed by atoms with van der Waals surface area (Å²) in [5.74, 6) is 1.52. The Bertz CT molecular complexity index is 1270. The number of nitrogens with zero attached hydrogens (tertiary/aromatic N) is 7. The van der Waals surface area contributed by atoms with Gasteiger partial charge >= 0.3 is 0 Å². The van der Waals surface area contributed by atoms with E-state index in [1.807, 2.05) is 22.7 Å². The molecule has 2 N–H and O–H groups in total. The lowest BCUT2D eigenvalue weighted by molar-refractivity contribution is 0.881. The number of hydrogen-bond donors (Lipinski definition) is 2. The third-order valence-corrected chi connectivity index (χ3v) is 4.93. The average Bonchev–Trinajstić information content (AvgIpc) is 3.50. The molecule has 0 saturated carbocycles. The van der Waals surface area contributed by atoms with E-state index in [0.29, 0.717) is 12.4 Å². The van der Waals surface area contributed by atoms with Crippen molar-refractivity contribution in [2.45, 2.75) is 19.9 Å². The molecule has 0 bridgehead atoms. The molecule has 0 amide bonds. The van der Waals surface area contributed by atoms with E-state index in [9.17, 15) is 0 Å². The predicted octanol–water partition coefficient (Wildman–Crippen LogP) is 3.15. The van der Waals surface area contributed by atoms with Gasteiger partial charge < -0.3 is 5.32 Å². The highest BCUT2D eigenvalue weighted by Gasteiger charge is 2.11. The highest BCUT2D eigenvalue weighted by molar-refractivity contribution is 5.79. The van der Waals surface area contributed by atoms with Gasteiger partial charge in [-0.25, -0.2) is 10.1 Å². The minimum Gasteiger partial charge on any atom is -0.366 e. The molecular formula is C21H19N9. The number of fused-ring (bicyclic) bond motifs is 1. The maximum absolute atomic E-state index is 4.58. The van der Waals surface area contributed by atoms with Gasteiger partial charge in [-0.05, 0) is 39.6 Å². The Morgan fingerprint density at radius 3 is 2.73 bits per heavy atom. The fourth-order valence-electron chi connectivity index (χ4n) is 3.37. The van der Waals surface area contributed by atoms with Crippen LogP contribution in [0, 0.1) is 0 Å². The molecule has 5 aromatic rings. The zero-order chi connectivity index (χ0) is 20.3. The molecule has 0 atom stereocenters. The van der Waals surface area contributed by atoms with Crippen LogP contribution in [0.5, 0.6) is 0 Å². The van der Waals surface area contributed by atoms with E-state index >= 15 is 0 Å². The molecule has 0 fully saturated rings. The predicted molar refractivity (Wildman–Crippen MR) is 113 cm³/mol. The summed E-state index contributed by atoms with van der Waals surface area (Å²) in [5.41, 5.74) is 5.98. The molecule has 9 heteroatoms. The fraction of sp³-hybridized carbons (Fsp3) is 0.143. The third-order valence-electron chi connectivity index (χ3n) is 4.93. The van der Waals surface area contributed by atoms with Crippen LogP contribution in [0.3, 0.4) is 0 Å². The molecule has 30 heavy (non-hydrogen) atoms. The van der Waals surface area contributed by atoms with Crippen LogP contribution in [0.2, 0.25) is 0 Å². The first-order chi connectivity index (χ1) is 14.8. The minimum absolute atomic E-state index is 0.594. The van der Waals surface area contributed by atoms with E-state index in [4.69, 9.17) is 0 Å². The standard InChI is InChI=1S/C21H19N9/c1-2-16-11-20(30-19(25-16)8-10-24-30)23-12-14-3-5-15(6-4-14)17-7-9-22-13-18(17)21-26-28-29-27-21/h3-11,13,23H,2,12H2,1H3,(H,26,27,28,29). The maximum atomic E-state index is 4.58. The number of nitrogens with one attached hydrogen (secondary N) is 2. The van der Waals surface area contributed by atoms with Gasteiger partial charge in [-0.3, -0.25) is 4.98 Å². The van der Waals surface area contributed by atoms with Gasteiger partial charge in [0.15, 0.2) is 11.5 Å². The van der Waals surface area contributed by atoms with E-state index < -0.39 is 0 Å². The Balaban J connectivity index is 1.38. The Kier molecular flexibility index (Phi) is 4.60. The Hall–Kier alpha value is -4.14. The van der Waals surface area contributed by atoms with Crippen molar-refractivity contribution in [2.75, 3.05) is 5.32 Å². The van der Waals surface area contributed by atoms with Crippen LogP contribution in [0.25, 0.3) is 28.2 Å². The first kappa shape index (κ1) is 17.9. The summed E-state index contributed by atoms with van der Waals surface area (Å²) in [5, 5.41) is 22.0. The van der Waals surface area contributed by atoms with E-state index in [2.05, 4.69) is 72.2 Å². The summed E-state index contributed by atoms with van der Waals surface area (Å²) in [7, 11) is 0. The van der Waals surface area contributed by atoms with Crippen LogP contribution < -0.4 is 5.32 Å². The zero-order valence-electron chi connectivity index (χ0n) is 16.3. The summed E-state index contributed by atoms with van der Waals surface area (Å²) in [6, 6.07) is 14.3. The first-order valence-electron chi connectivity index (χ1n) is 9.67. The van der Waals surface area contributed by atoms with Crippen LogP contribution in [0.1, 0.15) is 18.2 Å². The number of H-pyrrole nitrogens is 1. The van der Waals surface area contributed by atoms with E-state index in [0.717, 1.165) is 45.8 Å². The maximum Gasteiger partial charge on any atom is 0.181 e. The molecular weight excluding hydrogens is 378 g/mol. The van der Waals surface area contributed by atoms with Gasteiger partial charge in [0.1, 0.15) is 5.82 Å². The van der Waals surface area contributed by atoms with Gasteiger partial charge in [0, 0.05) is 42.3 Å². The molecule has 0 saturated heterocycles. The number of pyridine rings is 1. The Labute approximate surface area is 172 Å². The topological polar surface area (TPSA) is 110 Å². The van der Waals surface area contributed by atoms with Gasteiger partial charge in [-0.1, -0.05) is 31.2 Å². The van der Waals surface area contributed by atoms with Crippen molar-refractivity contribution in [3.05, 3.63) is 72.3 Å². The van der Waals surface area contributed by atoms with Crippen molar-refractivity contribution in [3.8, 4) is 22.5 Å². The van der Waals surface area contributed by atoms with Gasteiger partial charge in [0.2, 0.25) is 0 Å². The van der Waals surface area contributed by atoms with Crippen molar-refractivity contribution in [1.29, 1.82) is 0 Å². The number of hydrogen-bond acceptors (Lipinski definition) is 7. The van der Waals surface area contributed by atoms with Crippen LogP contribution in [0.4, 0.5) is 5.82 Å². The Morgan fingerprint density at radius 2 is 1.93 bits per heavy atom. The highest BCUT2D eigenvalue weighted by atomic mass is 15.5. The summed E-state index contributed by atoms with van der Waals surface area (Å²) >= 11 is 0. The largest absolute Gasteiger partial charge is 0.366 e. The molecule has 0 aliphatic carbocycles. The highest BCUT2D eigenvalue weighted by Crippen LogP contribution is 2.29. The van der Waals surface area contributed by atoms with Crippen molar-refractivity contribution in [1.82, 2.24) is 40.2 Å². The quantitative estimate of drug-likeness (QED) is 0.453. The van der Waals surface area contributed by atoms with Crippen molar-refractivity contribution in [2.24, 2.45) is 0 Å². The molecule has 5 rings (SSSR count). The van der Waals surface area contributed by atoms with Crippen molar-refractivity contribution in [3.63, 3.8) is 0 Å². The lowest BCUT2D eigenvalue weighted by atomic mass is 10.00. The SMILES string of the molecule is CCc1cc(NCc2ccc(-c3ccncc3-c3nnn[nH]3)cc2)n2nccc2n1. The summed E-state index contributed by atoms with van der Waals surface area (Å²) in [6.07, 6.45) is 6.16. The molecule has 4 heterocycles. The molecule has 0 aliphatic rings. The van der Waals surface area contributed by atoms with E-state index in [-0.39, 0.29) is 0 Å². The van der Waals surface area contributed by atoms with Crippen LogP contribution in [-0.4, -0.2) is 40.2 Å². The van der Waals surface area contributed by atoms with Gasteiger partial charge in [0.05, 0.1) is 6.20 Å². The number of aryl methyl sites for hydroxylation is 1. The van der Waals surface area contributed by atoms with Crippen molar-refractivity contribution >= 4 is 11.5 Å². The van der Waals surface area contributed by atoms with Crippen molar-refractivity contribution < 1.29 is 0 Å². The molecule has 0 spiro atoms. The second kappa shape index (κ2) is 7.70. The number of aromatic nitrogens is 8. The number of anilines is 1. The number of rotatable bonds is 6. The minimum atomic E-state index is 0.594. The van der Waals surface area contributed by atoms with Crippen LogP contribution in [-0.2, 0) is 13.0 Å². The molecule has 148 valence electrons. The second-order valence-corrected chi connectivity index (χ2v) is 6.81. The van der Waals surface area contributed by atoms with E-state index in [1.165, 1.54) is 0 Å². The second-order valence-electron chi connectivity index (χ2n) is 6.81. The molecule has 0 aliphatic heterocycles. The van der Waals surface area contributed by atoms with Crippen LogP contribution >= 0.6 is 0 Å². The van der Waals surface area contributed by atoms with Crippen LogP contribution in [0.15, 0.2) is 61.1 Å². The monoisotopic (exact) mass is 397 g/mol. The smallest absolute Gasteiger partial charge is 0.181 e. The number of benzene rings is 1. The van der Waals surface area contributed by atoms with E-state index in [1.54, 1.807) is 18.6 Å².